The van der Waals surface area contributed by atoms with Crippen molar-refractivity contribution in [2.75, 3.05) is 6.79 Å². The molecule has 148 valence electrons. The van der Waals surface area contributed by atoms with Gasteiger partial charge in [0.25, 0.3) is 0 Å². The Bertz CT molecular complexity index is 890. The van der Waals surface area contributed by atoms with Crippen LogP contribution < -0.4 is 9.47 Å². The lowest BCUT2D eigenvalue weighted by molar-refractivity contribution is -0.485. The minimum atomic E-state index is -0.165. The van der Waals surface area contributed by atoms with Gasteiger partial charge >= 0.3 is 0 Å². The topological polar surface area (TPSA) is 21.5 Å². The van der Waals surface area contributed by atoms with E-state index < -0.39 is 0 Å². The molecule has 0 aromatic heterocycles. The largest absolute Gasteiger partial charge is 0.454 e. The van der Waals surface area contributed by atoms with Crippen molar-refractivity contribution < 1.29 is 18.4 Å². The number of unbranched alkanes of at least 4 members (excludes halogenated alkanes) is 4. The number of para-hydroxylation sites is 1. The van der Waals surface area contributed by atoms with Crippen LogP contribution in [0.25, 0.3) is 0 Å². The summed E-state index contributed by atoms with van der Waals surface area (Å²) in [5.41, 5.74) is 4.32. The summed E-state index contributed by atoms with van der Waals surface area (Å²) in [4.78, 5) is 0. The molecule has 0 N–H and O–H groups in total. The smallest absolute Gasteiger partial charge is 0.241 e. The molecule has 2 aromatic rings. The molecule has 0 amide bonds. The SMILES string of the molecule is CCCCCCCC1=[N+](c2ccccc2F)C(C)Cc2cc3c(cc21)OCO3. The van der Waals surface area contributed by atoms with E-state index in [0.29, 0.717) is 5.69 Å². The van der Waals surface area contributed by atoms with Gasteiger partial charge in [-0.25, -0.2) is 0 Å². The van der Waals surface area contributed by atoms with E-state index in [1.54, 1.807) is 12.1 Å². The van der Waals surface area contributed by atoms with Gasteiger partial charge in [-0.1, -0.05) is 44.7 Å². The van der Waals surface area contributed by atoms with Crippen molar-refractivity contribution in [1.29, 1.82) is 0 Å². The van der Waals surface area contributed by atoms with Crippen molar-refractivity contribution in [1.82, 2.24) is 0 Å². The molecule has 4 rings (SSSR count). The summed E-state index contributed by atoms with van der Waals surface area (Å²) >= 11 is 0. The average molecular weight is 382 g/mol. The number of rotatable bonds is 7. The van der Waals surface area contributed by atoms with Crippen molar-refractivity contribution in [2.24, 2.45) is 0 Å². The Morgan fingerprint density at radius 2 is 1.79 bits per heavy atom. The highest BCUT2D eigenvalue weighted by Crippen LogP contribution is 2.38. The minimum Gasteiger partial charge on any atom is -0.454 e. The third-order valence-corrected chi connectivity index (χ3v) is 5.79. The number of hydrogen-bond acceptors (Lipinski definition) is 2. The Hall–Kier alpha value is -2.36. The Morgan fingerprint density at radius 3 is 2.57 bits per heavy atom. The molecule has 0 aliphatic carbocycles. The molecule has 0 saturated carbocycles. The Balaban J connectivity index is 1.76. The summed E-state index contributed by atoms with van der Waals surface area (Å²) in [5.74, 6) is 1.46. The molecule has 2 heterocycles. The lowest BCUT2D eigenvalue weighted by Crippen LogP contribution is -2.34. The van der Waals surface area contributed by atoms with E-state index >= 15 is 0 Å². The van der Waals surface area contributed by atoms with Crippen LogP contribution >= 0.6 is 0 Å². The quantitative estimate of drug-likeness (QED) is 0.433. The maximum Gasteiger partial charge on any atom is 0.241 e. The zero-order chi connectivity index (χ0) is 19.5. The van der Waals surface area contributed by atoms with Crippen molar-refractivity contribution in [3.63, 3.8) is 0 Å². The van der Waals surface area contributed by atoms with E-state index in [4.69, 9.17) is 9.47 Å². The first-order valence-corrected chi connectivity index (χ1v) is 10.5. The first-order valence-electron chi connectivity index (χ1n) is 10.5. The lowest BCUT2D eigenvalue weighted by Gasteiger charge is -2.24. The number of fused-ring (bicyclic) bond motifs is 2. The summed E-state index contributed by atoms with van der Waals surface area (Å²) in [6, 6.07) is 11.5. The molecule has 2 aliphatic rings. The minimum absolute atomic E-state index is 0.165. The molecular formula is C24H29FNO2+. The number of hydrogen-bond donors (Lipinski definition) is 0. The summed E-state index contributed by atoms with van der Waals surface area (Å²) in [6.45, 7) is 4.69. The molecule has 3 nitrogen and oxygen atoms in total. The van der Waals surface area contributed by atoms with Gasteiger partial charge in [-0.15, -0.1) is 0 Å². The fraction of sp³-hybridized carbons (Fsp3) is 0.458. The molecule has 0 saturated heterocycles. The third kappa shape index (κ3) is 3.65. The van der Waals surface area contributed by atoms with Crippen LogP contribution in [0.3, 0.4) is 0 Å². The second kappa shape index (κ2) is 8.34. The fourth-order valence-electron chi connectivity index (χ4n) is 4.41. The van der Waals surface area contributed by atoms with E-state index in [0.717, 1.165) is 30.8 Å². The second-order valence-electron chi connectivity index (χ2n) is 7.85. The van der Waals surface area contributed by atoms with E-state index in [2.05, 4.69) is 30.6 Å². The highest BCUT2D eigenvalue weighted by Gasteiger charge is 2.35. The van der Waals surface area contributed by atoms with Crippen LogP contribution in [0.15, 0.2) is 36.4 Å². The van der Waals surface area contributed by atoms with Gasteiger partial charge in [-0.05, 0) is 37.1 Å². The van der Waals surface area contributed by atoms with Gasteiger partial charge in [0.1, 0.15) is 0 Å². The summed E-state index contributed by atoms with van der Waals surface area (Å²) in [6.07, 6.45) is 7.89. The fourth-order valence-corrected chi connectivity index (χ4v) is 4.41. The van der Waals surface area contributed by atoms with Gasteiger partial charge < -0.3 is 9.47 Å². The van der Waals surface area contributed by atoms with Crippen LogP contribution in [-0.2, 0) is 6.42 Å². The van der Waals surface area contributed by atoms with Gasteiger partial charge in [0.05, 0.1) is 0 Å². The van der Waals surface area contributed by atoms with Crippen LogP contribution in [0.2, 0.25) is 0 Å². The predicted octanol–water partition coefficient (Wildman–Crippen LogP) is 5.99. The maximum atomic E-state index is 14.7. The molecule has 28 heavy (non-hydrogen) atoms. The van der Waals surface area contributed by atoms with Crippen molar-refractivity contribution in [3.05, 3.63) is 53.3 Å². The van der Waals surface area contributed by atoms with Gasteiger partial charge in [-0.3, -0.25) is 0 Å². The highest BCUT2D eigenvalue weighted by atomic mass is 19.1. The molecule has 2 aromatic carbocycles. The molecule has 2 aliphatic heterocycles. The predicted molar refractivity (Wildman–Crippen MR) is 110 cm³/mol. The normalized spacial score (nSPS) is 17.8. The molecule has 0 spiro atoms. The molecule has 4 heteroatoms. The van der Waals surface area contributed by atoms with Gasteiger partial charge in [-0.2, -0.15) is 8.97 Å². The van der Waals surface area contributed by atoms with Gasteiger partial charge in [0.2, 0.25) is 12.5 Å². The standard InChI is InChI=1S/C24H29FNO2/c1-3-4-5-6-7-11-21-19-15-24-23(27-16-28-24)14-18(19)13-17(2)26(21)22-12-9-8-10-20(22)25/h8-10,12,14-15,17H,3-7,11,13,16H2,1-2H3/q+1. The number of benzene rings is 2. The van der Waals surface area contributed by atoms with Gasteiger partial charge in [0.15, 0.2) is 29.1 Å². The van der Waals surface area contributed by atoms with Crippen LogP contribution in [-0.4, -0.2) is 23.1 Å². The van der Waals surface area contributed by atoms with Crippen molar-refractivity contribution in [2.45, 2.75) is 64.8 Å². The second-order valence-corrected chi connectivity index (χ2v) is 7.85. The van der Waals surface area contributed by atoms with E-state index in [9.17, 15) is 4.39 Å². The Labute approximate surface area is 166 Å². The van der Waals surface area contributed by atoms with E-state index in [1.165, 1.54) is 42.5 Å². The van der Waals surface area contributed by atoms with Crippen LogP contribution in [0.5, 0.6) is 11.5 Å². The summed E-state index contributed by atoms with van der Waals surface area (Å²) < 4.78 is 28.1. The first-order chi connectivity index (χ1) is 13.7. The zero-order valence-corrected chi connectivity index (χ0v) is 16.8. The summed E-state index contributed by atoms with van der Waals surface area (Å²) in [5, 5.41) is 0. The van der Waals surface area contributed by atoms with Crippen LogP contribution in [0.4, 0.5) is 10.1 Å². The number of nitrogens with zero attached hydrogens (tertiary/aromatic N) is 1. The molecular weight excluding hydrogens is 353 g/mol. The van der Waals surface area contributed by atoms with Crippen LogP contribution in [0, 0.1) is 5.82 Å². The van der Waals surface area contributed by atoms with E-state index in [1.807, 2.05) is 12.1 Å². The molecule has 1 atom stereocenters. The summed E-state index contributed by atoms with van der Waals surface area (Å²) in [7, 11) is 0. The molecule has 0 fully saturated rings. The Kier molecular flexibility index (Phi) is 5.65. The van der Waals surface area contributed by atoms with Crippen LogP contribution in [0.1, 0.15) is 63.5 Å². The lowest BCUT2D eigenvalue weighted by atomic mass is 9.89. The molecule has 0 radical (unpaired) electrons. The number of halogens is 1. The highest BCUT2D eigenvalue weighted by molar-refractivity contribution is 6.00. The first kappa shape index (κ1) is 19.0. The van der Waals surface area contributed by atoms with Crippen molar-refractivity contribution in [3.8, 4) is 11.5 Å². The molecule has 0 bridgehead atoms. The molecule has 1 unspecified atom stereocenters. The Morgan fingerprint density at radius 1 is 1.04 bits per heavy atom. The third-order valence-electron chi connectivity index (χ3n) is 5.79. The monoisotopic (exact) mass is 382 g/mol. The number of ether oxygens (including phenoxy) is 2. The zero-order valence-electron chi connectivity index (χ0n) is 16.8. The maximum absolute atomic E-state index is 14.7. The average Bonchev–Trinajstić information content (AvgIpc) is 3.14. The van der Waals surface area contributed by atoms with E-state index in [-0.39, 0.29) is 18.7 Å². The van der Waals surface area contributed by atoms with Crippen molar-refractivity contribution >= 4 is 11.4 Å². The van der Waals surface area contributed by atoms with Gasteiger partial charge in [0, 0.05) is 24.5 Å².